The van der Waals surface area contributed by atoms with Crippen LogP contribution >= 0.6 is 12.4 Å². The highest BCUT2D eigenvalue weighted by Crippen LogP contribution is 2.28. The summed E-state index contributed by atoms with van der Waals surface area (Å²) in [4.78, 5) is 14.6. The second-order valence-electron chi connectivity index (χ2n) is 6.62. The minimum Gasteiger partial charge on any atom is -0.338 e. The van der Waals surface area contributed by atoms with Crippen LogP contribution in [0.4, 0.5) is 0 Å². The molecule has 2 heterocycles. The fourth-order valence-corrected chi connectivity index (χ4v) is 2.88. The van der Waals surface area contributed by atoms with Gasteiger partial charge in [-0.1, -0.05) is 32.0 Å². The fourth-order valence-electron chi connectivity index (χ4n) is 2.88. The third-order valence-electron chi connectivity index (χ3n) is 4.45. The Kier molecular flexibility index (Phi) is 5.12. The number of amides is 1. The molecule has 1 aliphatic heterocycles. The second-order valence-corrected chi connectivity index (χ2v) is 6.62. The maximum Gasteiger partial charge on any atom is 0.257 e. The summed E-state index contributed by atoms with van der Waals surface area (Å²) < 4.78 is 1.73. The first-order valence-corrected chi connectivity index (χ1v) is 7.62. The summed E-state index contributed by atoms with van der Waals surface area (Å²) in [6.07, 6.45) is 4.27. The lowest BCUT2D eigenvalue weighted by Crippen LogP contribution is -2.53. The van der Waals surface area contributed by atoms with Crippen LogP contribution < -0.4 is 5.73 Å². The van der Waals surface area contributed by atoms with Gasteiger partial charge in [-0.2, -0.15) is 5.10 Å². The molecular weight excluding hydrogens is 312 g/mol. The fraction of sp³-hybridized carbons (Fsp3) is 0.412. The van der Waals surface area contributed by atoms with Crippen molar-refractivity contribution in [3.8, 4) is 5.69 Å². The van der Waals surface area contributed by atoms with Crippen molar-refractivity contribution in [2.24, 2.45) is 11.1 Å². The smallest absolute Gasteiger partial charge is 0.257 e. The molecule has 5 nitrogen and oxygen atoms in total. The van der Waals surface area contributed by atoms with Gasteiger partial charge < -0.3 is 10.6 Å². The number of hydrogen-bond acceptors (Lipinski definition) is 3. The molecule has 1 aromatic carbocycles. The largest absolute Gasteiger partial charge is 0.338 e. The van der Waals surface area contributed by atoms with Crippen molar-refractivity contribution in [2.45, 2.75) is 26.3 Å². The number of carbonyl (C=O) groups is 1. The molecule has 3 rings (SSSR count). The molecule has 1 aliphatic rings. The van der Waals surface area contributed by atoms with Gasteiger partial charge in [0.05, 0.1) is 17.4 Å². The van der Waals surface area contributed by atoms with Gasteiger partial charge in [0.25, 0.3) is 5.91 Å². The van der Waals surface area contributed by atoms with Gasteiger partial charge in [-0.05, 0) is 24.0 Å². The van der Waals surface area contributed by atoms with Crippen molar-refractivity contribution >= 4 is 18.3 Å². The van der Waals surface area contributed by atoms with Crippen LogP contribution in [-0.4, -0.2) is 39.7 Å². The van der Waals surface area contributed by atoms with Gasteiger partial charge in [0, 0.05) is 25.3 Å². The molecule has 0 radical (unpaired) electrons. The van der Waals surface area contributed by atoms with Crippen molar-refractivity contribution < 1.29 is 4.79 Å². The zero-order chi connectivity index (χ0) is 15.7. The summed E-state index contributed by atoms with van der Waals surface area (Å²) in [5, 5.41) is 4.30. The Balaban J connectivity index is 0.00000192. The average Bonchev–Trinajstić information content (AvgIpc) is 3.00. The van der Waals surface area contributed by atoms with Crippen LogP contribution in [0.25, 0.3) is 5.69 Å². The Bertz CT molecular complexity index is 668. The molecule has 0 bridgehead atoms. The summed E-state index contributed by atoms with van der Waals surface area (Å²) in [5.41, 5.74) is 7.65. The van der Waals surface area contributed by atoms with Gasteiger partial charge >= 0.3 is 0 Å². The maximum atomic E-state index is 12.7. The van der Waals surface area contributed by atoms with Crippen LogP contribution in [0.15, 0.2) is 42.7 Å². The highest BCUT2D eigenvalue weighted by Gasteiger charge is 2.35. The van der Waals surface area contributed by atoms with Crippen LogP contribution in [0, 0.1) is 5.41 Å². The topological polar surface area (TPSA) is 64.2 Å². The molecule has 0 spiro atoms. The van der Waals surface area contributed by atoms with Crippen LogP contribution in [0.3, 0.4) is 0 Å². The van der Waals surface area contributed by atoms with E-state index in [1.165, 1.54) is 0 Å². The lowest BCUT2D eigenvalue weighted by Gasteiger charge is -2.42. The Morgan fingerprint density at radius 1 is 1.30 bits per heavy atom. The molecule has 124 valence electrons. The molecule has 1 atom stereocenters. The van der Waals surface area contributed by atoms with Crippen LogP contribution in [-0.2, 0) is 0 Å². The van der Waals surface area contributed by atoms with Gasteiger partial charge in [-0.15, -0.1) is 12.4 Å². The molecule has 1 unspecified atom stereocenters. The lowest BCUT2D eigenvalue weighted by atomic mass is 9.79. The Hall–Kier alpha value is -1.85. The van der Waals surface area contributed by atoms with Crippen LogP contribution in [0.5, 0.6) is 0 Å². The number of likely N-dealkylation sites (tertiary alicyclic amines) is 1. The molecule has 1 fully saturated rings. The van der Waals surface area contributed by atoms with Crippen molar-refractivity contribution in [3.63, 3.8) is 0 Å². The van der Waals surface area contributed by atoms with E-state index in [2.05, 4.69) is 18.9 Å². The molecule has 1 amide bonds. The third-order valence-corrected chi connectivity index (χ3v) is 4.45. The molecular formula is C17H23ClN4O. The summed E-state index contributed by atoms with van der Waals surface area (Å²) in [5.74, 6) is 0.0298. The predicted molar refractivity (Wildman–Crippen MR) is 93.1 cm³/mol. The lowest BCUT2D eigenvalue weighted by molar-refractivity contribution is 0.0533. The van der Waals surface area contributed by atoms with E-state index in [4.69, 9.17) is 5.73 Å². The zero-order valence-corrected chi connectivity index (χ0v) is 14.3. The number of piperidine rings is 1. The highest BCUT2D eigenvalue weighted by atomic mass is 35.5. The number of halogens is 1. The molecule has 1 saturated heterocycles. The first-order valence-electron chi connectivity index (χ1n) is 7.62. The van der Waals surface area contributed by atoms with E-state index in [0.717, 1.165) is 12.1 Å². The SMILES string of the molecule is CC1(C)CN(C(=O)c2cnn(-c3ccccc3)c2)CCC1N.Cl. The number of carbonyl (C=O) groups excluding carboxylic acids is 1. The van der Waals surface area contributed by atoms with Gasteiger partial charge in [0.1, 0.15) is 0 Å². The minimum absolute atomic E-state index is 0. The van der Waals surface area contributed by atoms with Gasteiger partial charge in [0.15, 0.2) is 0 Å². The normalized spacial score (nSPS) is 20.0. The standard InChI is InChI=1S/C17H22N4O.ClH/c1-17(2)12-20(9-8-15(17)18)16(22)13-10-19-21(11-13)14-6-4-3-5-7-14;/h3-7,10-11,15H,8-9,12,18H2,1-2H3;1H. The van der Waals surface area contributed by atoms with Crippen molar-refractivity contribution in [3.05, 3.63) is 48.3 Å². The molecule has 2 N–H and O–H groups in total. The molecule has 0 aliphatic carbocycles. The van der Waals surface area contributed by atoms with Gasteiger partial charge in [-0.3, -0.25) is 4.79 Å². The highest BCUT2D eigenvalue weighted by molar-refractivity contribution is 5.94. The van der Waals surface area contributed by atoms with Gasteiger partial charge in [0.2, 0.25) is 0 Å². The molecule has 6 heteroatoms. The van der Waals surface area contributed by atoms with E-state index in [9.17, 15) is 4.79 Å². The van der Waals surface area contributed by atoms with Crippen LogP contribution in [0.2, 0.25) is 0 Å². The number of aromatic nitrogens is 2. The zero-order valence-electron chi connectivity index (χ0n) is 13.5. The number of nitrogens with two attached hydrogens (primary N) is 1. The number of rotatable bonds is 2. The summed E-state index contributed by atoms with van der Waals surface area (Å²) in [6, 6.07) is 9.93. The van der Waals surface area contributed by atoms with Crippen molar-refractivity contribution in [1.29, 1.82) is 0 Å². The summed E-state index contributed by atoms with van der Waals surface area (Å²) in [6.45, 7) is 5.62. The van der Waals surface area contributed by atoms with E-state index in [1.807, 2.05) is 35.2 Å². The first-order chi connectivity index (χ1) is 10.5. The second kappa shape index (κ2) is 6.72. The van der Waals surface area contributed by atoms with Crippen molar-refractivity contribution in [2.75, 3.05) is 13.1 Å². The summed E-state index contributed by atoms with van der Waals surface area (Å²) >= 11 is 0. The van der Waals surface area contributed by atoms with Gasteiger partial charge in [-0.25, -0.2) is 4.68 Å². The van der Waals surface area contributed by atoms with E-state index in [1.54, 1.807) is 17.1 Å². The van der Waals surface area contributed by atoms with E-state index in [0.29, 0.717) is 18.7 Å². The third kappa shape index (κ3) is 3.57. The molecule has 2 aromatic rings. The monoisotopic (exact) mass is 334 g/mol. The first kappa shape index (κ1) is 17.5. The Morgan fingerprint density at radius 3 is 2.65 bits per heavy atom. The molecule has 0 saturated carbocycles. The molecule has 23 heavy (non-hydrogen) atoms. The van der Waals surface area contributed by atoms with E-state index in [-0.39, 0.29) is 29.8 Å². The number of hydrogen-bond donors (Lipinski definition) is 1. The minimum atomic E-state index is -0.0522. The Morgan fingerprint density at radius 2 is 2.00 bits per heavy atom. The number of benzene rings is 1. The van der Waals surface area contributed by atoms with Crippen LogP contribution in [0.1, 0.15) is 30.6 Å². The van der Waals surface area contributed by atoms with E-state index < -0.39 is 0 Å². The average molecular weight is 335 g/mol. The number of nitrogens with zero attached hydrogens (tertiary/aromatic N) is 3. The summed E-state index contributed by atoms with van der Waals surface area (Å²) in [7, 11) is 0. The predicted octanol–water partition coefficient (Wildman–Crippen LogP) is 2.49. The molecule has 1 aromatic heterocycles. The van der Waals surface area contributed by atoms with E-state index >= 15 is 0 Å². The quantitative estimate of drug-likeness (QED) is 0.917. The Labute approximate surface area is 142 Å². The maximum absolute atomic E-state index is 12.7. The number of para-hydroxylation sites is 1. The van der Waals surface area contributed by atoms with Crippen molar-refractivity contribution in [1.82, 2.24) is 14.7 Å².